The van der Waals surface area contributed by atoms with Gasteiger partial charge in [-0.25, -0.2) is 0 Å². The molecule has 0 heterocycles. The van der Waals surface area contributed by atoms with Crippen LogP contribution >= 0.6 is 0 Å². The summed E-state index contributed by atoms with van der Waals surface area (Å²) >= 11 is 0.277. The first kappa shape index (κ1) is 41.5. The molecule has 0 saturated heterocycles. The SMILES string of the molecule is CCCCCCCCCCCCCCCCCCC[CH2][AlH][CH2]CCCCCCCCCCCCCCCCCCC. The first-order valence-electron chi connectivity index (χ1n) is 20.4. The predicted octanol–water partition coefficient (Wildman–Crippen LogP) is 15.3. The Labute approximate surface area is 269 Å². The molecule has 0 amide bonds. The third kappa shape index (κ3) is 40.5. The van der Waals surface area contributed by atoms with Crippen LogP contribution in [-0.4, -0.2) is 15.2 Å². The van der Waals surface area contributed by atoms with Crippen LogP contribution in [0, 0.1) is 0 Å². The highest BCUT2D eigenvalue weighted by molar-refractivity contribution is 6.35. The maximum absolute atomic E-state index is 2.31. The minimum Gasteiger partial charge on any atom is -0.0972 e. The summed E-state index contributed by atoms with van der Waals surface area (Å²) in [4.78, 5) is 0. The lowest BCUT2D eigenvalue weighted by Crippen LogP contribution is -1.90. The van der Waals surface area contributed by atoms with E-state index in [-0.39, 0.29) is 15.2 Å². The topological polar surface area (TPSA) is 0 Å². The van der Waals surface area contributed by atoms with Crippen LogP contribution in [0.3, 0.4) is 0 Å². The van der Waals surface area contributed by atoms with Crippen LogP contribution in [0.2, 0.25) is 10.6 Å². The van der Waals surface area contributed by atoms with Gasteiger partial charge in [0.05, 0.1) is 0 Å². The molecule has 0 saturated carbocycles. The van der Waals surface area contributed by atoms with Gasteiger partial charge < -0.3 is 0 Å². The molecule has 0 bridgehead atoms. The molecule has 0 aromatic heterocycles. The van der Waals surface area contributed by atoms with Gasteiger partial charge >= 0.3 is 0 Å². The average Bonchev–Trinajstić information content (AvgIpc) is 2.98. The molecule has 0 aromatic rings. The molecule has 0 aromatic carbocycles. The summed E-state index contributed by atoms with van der Waals surface area (Å²) in [5.74, 6) is 0. The van der Waals surface area contributed by atoms with Gasteiger partial charge in [0.15, 0.2) is 0 Å². The molecule has 0 fully saturated rings. The van der Waals surface area contributed by atoms with Gasteiger partial charge in [-0.3, -0.25) is 0 Å². The molecule has 0 spiro atoms. The van der Waals surface area contributed by atoms with Crippen LogP contribution in [0.25, 0.3) is 0 Å². The van der Waals surface area contributed by atoms with Crippen LogP contribution in [0.15, 0.2) is 0 Å². The van der Waals surface area contributed by atoms with Gasteiger partial charge in [-0.2, -0.15) is 0 Å². The maximum Gasteiger partial charge on any atom is 0.236 e. The smallest absolute Gasteiger partial charge is 0.0972 e. The van der Waals surface area contributed by atoms with E-state index < -0.39 is 0 Å². The molecule has 41 heavy (non-hydrogen) atoms. The lowest BCUT2D eigenvalue weighted by Gasteiger charge is -2.04. The highest BCUT2D eigenvalue weighted by Crippen LogP contribution is 2.16. The summed E-state index contributed by atoms with van der Waals surface area (Å²) in [6, 6.07) is 0. The Morgan fingerprint density at radius 3 is 0.512 bits per heavy atom. The third-order valence-electron chi connectivity index (χ3n) is 9.71. The Kier molecular flexibility index (Phi) is 41.1. The van der Waals surface area contributed by atoms with E-state index in [2.05, 4.69) is 13.8 Å². The van der Waals surface area contributed by atoms with E-state index in [0.29, 0.717) is 0 Å². The summed E-state index contributed by atoms with van der Waals surface area (Å²) in [7, 11) is 0. The predicted molar refractivity (Wildman–Crippen MR) is 194 cm³/mol. The van der Waals surface area contributed by atoms with Crippen molar-refractivity contribution in [3.05, 3.63) is 0 Å². The Balaban J connectivity index is 3.02. The number of hydrogen-bond acceptors (Lipinski definition) is 0. The van der Waals surface area contributed by atoms with Crippen LogP contribution < -0.4 is 0 Å². The van der Waals surface area contributed by atoms with E-state index >= 15 is 0 Å². The summed E-state index contributed by atoms with van der Waals surface area (Å²) in [6.45, 7) is 4.62. The Hall–Kier alpha value is 0.532. The van der Waals surface area contributed by atoms with E-state index in [1.165, 1.54) is 218 Å². The van der Waals surface area contributed by atoms with E-state index in [0.717, 1.165) is 0 Å². The van der Waals surface area contributed by atoms with E-state index in [4.69, 9.17) is 0 Å². The van der Waals surface area contributed by atoms with Crippen LogP contribution in [-0.2, 0) is 0 Å². The molecule has 0 atom stereocenters. The van der Waals surface area contributed by atoms with E-state index in [1.54, 1.807) is 23.4 Å². The first-order valence-corrected chi connectivity index (χ1v) is 22.4. The lowest BCUT2D eigenvalue weighted by molar-refractivity contribution is 0.526. The highest BCUT2D eigenvalue weighted by Gasteiger charge is 1.99. The third-order valence-corrected chi connectivity index (χ3v) is 11.7. The molecule has 0 rings (SSSR count). The van der Waals surface area contributed by atoms with Gasteiger partial charge in [-0.05, 0) is 0 Å². The minimum atomic E-state index is 0.277. The van der Waals surface area contributed by atoms with Gasteiger partial charge in [-0.15, -0.1) is 0 Å². The van der Waals surface area contributed by atoms with Crippen molar-refractivity contribution in [2.45, 2.75) is 256 Å². The van der Waals surface area contributed by atoms with E-state index in [1.807, 2.05) is 0 Å². The molecule has 0 aliphatic heterocycles. The monoisotopic (exact) mass is 591 g/mol. The fourth-order valence-electron chi connectivity index (χ4n) is 6.69. The standard InChI is InChI=1S/2C20H41.Al.H/c2*1-3-5-7-9-11-13-15-17-19-20-18-16-14-12-10-8-6-4-2;;/h2*1,3-20H2,2H3;;. The molecule has 1 heteroatoms. The molecule has 246 valence electrons. The normalized spacial score (nSPS) is 11.5. The fourth-order valence-corrected chi connectivity index (χ4v) is 8.45. The van der Waals surface area contributed by atoms with Crippen LogP contribution in [0.5, 0.6) is 0 Å². The summed E-state index contributed by atoms with van der Waals surface area (Å²) < 4.78 is 0. The zero-order valence-corrected chi connectivity index (χ0v) is 31.0. The second-order valence-electron chi connectivity index (χ2n) is 14.1. The van der Waals surface area contributed by atoms with Gasteiger partial charge in [-0.1, -0.05) is 256 Å². The molecule has 0 aliphatic carbocycles. The minimum absolute atomic E-state index is 0.277. The zero-order chi connectivity index (χ0) is 29.6. The summed E-state index contributed by atoms with van der Waals surface area (Å²) in [5.41, 5.74) is 0. The van der Waals surface area contributed by atoms with Crippen LogP contribution in [0.1, 0.15) is 245 Å². The van der Waals surface area contributed by atoms with Crippen LogP contribution in [0.4, 0.5) is 0 Å². The number of hydrogen-bond donors (Lipinski definition) is 0. The Morgan fingerprint density at radius 1 is 0.195 bits per heavy atom. The molecule has 0 nitrogen and oxygen atoms in total. The summed E-state index contributed by atoms with van der Waals surface area (Å²) in [6.07, 6.45) is 53.8. The van der Waals surface area contributed by atoms with Gasteiger partial charge in [0.2, 0.25) is 15.2 Å². The average molecular weight is 591 g/mol. The summed E-state index contributed by atoms with van der Waals surface area (Å²) in [5, 5.41) is 3.27. The number of unbranched alkanes of at least 4 members (excludes halogenated alkanes) is 34. The van der Waals surface area contributed by atoms with Gasteiger partial charge in [0.25, 0.3) is 0 Å². The molecular formula is C40H83Al. The molecule has 0 unspecified atom stereocenters. The van der Waals surface area contributed by atoms with Crippen molar-refractivity contribution < 1.29 is 0 Å². The van der Waals surface area contributed by atoms with Gasteiger partial charge in [0.1, 0.15) is 0 Å². The maximum atomic E-state index is 2.31. The zero-order valence-electron chi connectivity index (χ0n) is 29.6. The van der Waals surface area contributed by atoms with Crippen molar-refractivity contribution in [3.8, 4) is 0 Å². The van der Waals surface area contributed by atoms with Crippen molar-refractivity contribution >= 4 is 15.2 Å². The van der Waals surface area contributed by atoms with Crippen molar-refractivity contribution in [1.82, 2.24) is 0 Å². The molecular weight excluding hydrogens is 507 g/mol. The van der Waals surface area contributed by atoms with Crippen molar-refractivity contribution in [2.75, 3.05) is 0 Å². The molecule has 0 radical (unpaired) electrons. The second-order valence-corrected chi connectivity index (χ2v) is 16.2. The molecule has 0 aliphatic rings. The largest absolute Gasteiger partial charge is 0.236 e. The van der Waals surface area contributed by atoms with Crippen molar-refractivity contribution in [3.63, 3.8) is 0 Å². The lowest BCUT2D eigenvalue weighted by atomic mass is 10.0. The van der Waals surface area contributed by atoms with E-state index in [9.17, 15) is 0 Å². The number of rotatable bonds is 38. The Bertz CT molecular complexity index is 381. The fraction of sp³-hybridized carbons (Fsp3) is 1.00. The quantitative estimate of drug-likeness (QED) is 0.0495. The molecule has 0 N–H and O–H groups in total. The highest BCUT2D eigenvalue weighted by atomic mass is 27.1. The Morgan fingerprint density at radius 2 is 0.341 bits per heavy atom. The van der Waals surface area contributed by atoms with Crippen molar-refractivity contribution in [1.29, 1.82) is 0 Å². The van der Waals surface area contributed by atoms with Crippen molar-refractivity contribution in [2.24, 2.45) is 0 Å². The first-order chi connectivity index (χ1) is 20.4. The van der Waals surface area contributed by atoms with Gasteiger partial charge in [0, 0.05) is 0 Å². The second kappa shape index (κ2) is 40.5.